The van der Waals surface area contributed by atoms with Crippen LogP contribution in [0.15, 0.2) is 53.4 Å². The van der Waals surface area contributed by atoms with Crippen LogP contribution in [0, 0.1) is 0 Å². The van der Waals surface area contributed by atoms with E-state index in [0.717, 1.165) is 11.1 Å². The van der Waals surface area contributed by atoms with Crippen molar-refractivity contribution in [1.82, 2.24) is 5.32 Å². The molecule has 2 rings (SSSR count). The number of carbonyl (C=O) groups excluding carboxylic acids is 2. The Morgan fingerprint density at radius 3 is 2.43 bits per heavy atom. The van der Waals surface area contributed by atoms with Crippen LogP contribution >= 0.6 is 0 Å². The van der Waals surface area contributed by atoms with Gasteiger partial charge < -0.3 is 14.8 Å². The predicted molar refractivity (Wildman–Crippen MR) is 102 cm³/mol. The van der Waals surface area contributed by atoms with Crippen LogP contribution in [0.5, 0.6) is 5.75 Å². The number of esters is 1. The summed E-state index contributed by atoms with van der Waals surface area (Å²) >= 11 is 0. The normalized spacial score (nSPS) is 10.9. The van der Waals surface area contributed by atoms with Crippen molar-refractivity contribution >= 4 is 21.9 Å². The lowest BCUT2D eigenvalue weighted by molar-refractivity contribution is -0.147. The largest absolute Gasteiger partial charge is 0.497 e. The van der Waals surface area contributed by atoms with Gasteiger partial charge in [-0.15, -0.1) is 0 Å². The Morgan fingerprint density at radius 2 is 1.79 bits per heavy atom. The van der Waals surface area contributed by atoms with E-state index in [9.17, 15) is 18.0 Å². The van der Waals surface area contributed by atoms with Crippen LogP contribution in [0.1, 0.15) is 11.1 Å². The quantitative estimate of drug-likeness (QED) is 0.593. The van der Waals surface area contributed by atoms with Crippen LogP contribution in [-0.4, -0.2) is 40.6 Å². The number of nitrogens with two attached hydrogens (primary N) is 1. The van der Waals surface area contributed by atoms with Gasteiger partial charge in [-0.2, -0.15) is 0 Å². The number of nitrogens with one attached hydrogen (secondary N) is 1. The first-order chi connectivity index (χ1) is 13.3. The highest BCUT2D eigenvalue weighted by Gasteiger charge is 2.10. The molecule has 0 atom stereocenters. The van der Waals surface area contributed by atoms with Gasteiger partial charge in [0.15, 0.2) is 6.61 Å². The average molecular weight is 406 g/mol. The maximum atomic E-state index is 11.8. The van der Waals surface area contributed by atoms with Crippen LogP contribution in [0.25, 0.3) is 0 Å². The van der Waals surface area contributed by atoms with Gasteiger partial charge in [0.25, 0.3) is 5.91 Å². The van der Waals surface area contributed by atoms with Crippen molar-refractivity contribution < 1.29 is 27.5 Å². The highest BCUT2D eigenvalue weighted by atomic mass is 32.2. The topological polar surface area (TPSA) is 125 Å². The molecule has 2 aromatic carbocycles. The number of hydrogen-bond acceptors (Lipinski definition) is 6. The molecule has 9 heteroatoms. The Labute approximate surface area is 163 Å². The molecule has 0 aliphatic heterocycles. The van der Waals surface area contributed by atoms with Gasteiger partial charge in [-0.3, -0.25) is 9.59 Å². The zero-order valence-corrected chi connectivity index (χ0v) is 16.2. The molecule has 0 saturated carbocycles. The van der Waals surface area contributed by atoms with Crippen molar-refractivity contribution in [3.8, 4) is 5.75 Å². The van der Waals surface area contributed by atoms with E-state index in [2.05, 4.69) is 5.32 Å². The molecule has 28 heavy (non-hydrogen) atoms. The summed E-state index contributed by atoms with van der Waals surface area (Å²) in [5.74, 6) is -0.290. The summed E-state index contributed by atoms with van der Waals surface area (Å²) in [6.07, 6.45) is 0.537. The second-order valence-corrected chi connectivity index (χ2v) is 7.54. The van der Waals surface area contributed by atoms with E-state index in [1.807, 2.05) is 0 Å². The smallest absolute Gasteiger partial charge is 0.310 e. The summed E-state index contributed by atoms with van der Waals surface area (Å²) < 4.78 is 32.4. The number of rotatable bonds is 9. The monoisotopic (exact) mass is 406 g/mol. The molecule has 0 aliphatic rings. The fourth-order valence-electron chi connectivity index (χ4n) is 2.39. The molecule has 0 aliphatic carbocycles. The second kappa shape index (κ2) is 9.86. The van der Waals surface area contributed by atoms with Crippen molar-refractivity contribution in [3.05, 3.63) is 59.7 Å². The number of hydrogen-bond donors (Lipinski definition) is 2. The minimum Gasteiger partial charge on any atom is -0.497 e. The van der Waals surface area contributed by atoms with Crippen LogP contribution in [0.2, 0.25) is 0 Å². The highest BCUT2D eigenvalue weighted by Crippen LogP contribution is 2.13. The maximum absolute atomic E-state index is 11.8. The third-order valence-corrected chi connectivity index (χ3v) is 4.76. The summed E-state index contributed by atoms with van der Waals surface area (Å²) in [4.78, 5) is 23.6. The summed E-state index contributed by atoms with van der Waals surface area (Å²) in [6, 6.07) is 13.1. The molecular formula is C19H22N2O6S. The molecule has 150 valence electrons. The number of ether oxygens (including phenoxy) is 2. The van der Waals surface area contributed by atoms with Crippen molar-refractivity contribution in [2.45, 2.75) is 17.7 Å². The third-order valence-electron chi connectivity index (χ3n) is 3.83. The van der Waals surface area contributed by atoms with E-state index in [4.69, 9.17) is 14.6 Å². The maximum Gasteiger partial charge on any atom is 0.310 e. The first-order valence-electron chi connectivity index (χ1n) is 8.45. The lowest BCUT2D eigenvalue weighted by Gasteiger charge is -2.08. The number of sulfonamides is 1. The van der Waals surface area contributed by atoms with E-state index in [-0.39, 0.29) is 17.9 Å². The van der Waals surface area contributed by atoms with Crippen molar-refractivity contribution in [1.29, 1.82) is 0 Å². The predicted octanol–water partition coefficient (Wildman–Crippen LogP) is 0.787. The Balaban J connectivity index is 1.70. The molecule has 2 aromatic rings. The highest BCUT2D eigenvalue weighted by molar-refractivity contribution is 7.89. The van der Waals surface area contributed by atoms with Crippen LogP contribution < -0.4 is 15.2 Å². The zero-order valence-electron chi connectivity index (χ0n) is 15.4. The molecule has 0 heterocycles. The molecule has 8 nitrogen and oxygen atoms in total. The molecule has 0 spiro atoms. The zero-order chi connectivity index (χ0) is 20.6. The van der Waals surface area contributed by atoms with E-state index < -0.39 is 21.9 Å². The molecule has 0 saturated heterocycles. The van der Waals surface area contributed by atoms with Crippen LogP contribution in [0.3, 0.4) is 0 Å². The molecule has 1 amide bonds. The molecular weight excluding hydrogens is 384 g/mol. The van der Waals surface area contributed by atoms with Crippen molar-refractivity contribution in [2.75, 3.05) is 20.3 Å². The summed E-state index contributed by atoms with van der Waals surface area (Å²) in [5, 5.41) is 7.67. The second-order valence-electron chi connectivity index (χ2n) is 5.98. The fourth-order valence-corrected chi connectivity index (χ4v) is 2.90. The van der Waals surface area contributed by atoms with Gasteiger partial charge in [-0.1, -0.05) is 24.3 Å². The number of amides is 1. The first kappa shape index (κ1) is 21.4. The van der Waals surface area contributed by atoms with Gasteiger partial charge in [0.05, 0.1) is 18.4 Å². The number of carbonyl (C=O) groups is 2. The lowest BCUT2D eigenvalue weighted by atomic mass is 10.1. The Kier molecular flexibility index (Phi) is 7.53. The van der Waals surface area contributed by atoms with Gasteiger partial charge in [-0.25, -0.2) is 13.6 Å². The van der Waals surface area contributed by atoms with E-state index in [1.165, 1.54) is 19.2 Å². The van der Waals surface area contributed by atoms with E-state index >= 15 is 0 Å². The molecule has 0 unspecified atom stereocenters. The van der Waals surface area contributed by atoms with E-state index in [1.54, 1.807) is 36.4 Å². The standard InChI is InChI=1S/C19H22N2O6S/c1-26-16-4-2-3-15(11-16)12-19(23)27-13-18(22)21-10-9-14-5-7-17(8-6-14)28(20,24)25/h2-8,11H,9-10,12-13H2,1H3,(H,21,22)(H2,20,24,25). The lowest BCUT2D eigenvalue weighted by Crippen LogP contribution is -2.30. The molecule has 0 bridgehead atoms. The van der Waals surface area contributed by atoms with Crippen molar-refractivity contribution in [2.24, 2.45) is 5.14 Å². The van der Waals surface area contributed by atoms with Crippen molar-refractivity contribution in [3.63, 3.8) is 0 Å². The van der Waals surface area contributed by atoms with Crippen LogP contribution in [0.4, 0.5) is 0 Å². The summed E-state index contributed by atoms with van der Waals surface area (Å²) in [5.41, 5.74) is 1.57. The first-order valence-corrected chi connectivity index (χ1v) is 9.99. The third kappa shape index (κ3) is 7.01. The van der Waals surface area contributed by atoms with Gasteiger partial charge in [0.1, 0.15) is 5.75 Å². The summed E-state index contributed by atoms with van der Waals surface area (Å²) in [7, 11) is -2.18. The molecule has 3 N–H and O–H groups in total. The Hall–Kier alpha value is -2.91. The SMILES string of the molecule is COc1cccc(CC(=O)OCC(=O)NCCc2ccc(S(N)(=O)=O)cc2)c1. The van der Waals surface area contributed by atoms with Gasteiger partial charge >= 0.3 is 5.97 Å². The summed E-state index contributed by atoms with van der Waals surface area (Å²) in [6.45, 7) is -0.0475. The van der Waals surface area contributed by atoms with Gasteiger partial charge in [-0.05, 0) is 41.8 Å². The number of primary sulfonamides is 1. The Bertz CT molecular complexity index is 926. The minimum atomic E-state index is -3.72. The molecule has 0 fully saturated rings. The Morgan fingerprint density at radius 1 is 1.07 bits per heavy atom. The fraction of sp³-hybridized carbons (Fsp3) is 0.263. The number of benzene rings is 2. The average Bonchev–Trinajstić information content (AvgIpc) is 2.66. The molecule has 0 radical (unpaired) electrons. The van der Waals surface area contributed by atoms with Crippen LogP contribution in [-0.2, 0) is 37.2 Å². The minimum absolute atomic E-state index is 0.0308. The van der Waals surface area contributed by atoms with Gasteiger partial charge in [0.2, 0.25) is 10.0 Å². The number of methoxy groups -OCH3 is 1. The van der Waals surface area contributed by atoms with Gasteiger partial charge in [0, 0.05) is 6.54 Å². The van der Waals surface area contributed by atoms with E-state index in [0.29, 0.717) is 18.7 Å². The molecule has 0 aromatic heterocycles.